The van der Waals surface area contributed by atoms with Gasteiger partial charge in [0, 0.05) is 44.4 Å². The maximum atomic E-state index is 13.6. The van der Waals surface area contributed by atoms with Gasteiger partial charge in [0.15, 0.2) is 0 Å². The standard InChI is InChI=1S/C32H32ClF3N2O/c1-37-27-16-9-17-28(21-27)39-20-10-19-38(22-26-15-8-18-30(31(26)33)32(34,35)36)23-29(24-11-4-2-5-12-24)25-13-6-3-7-14-25/h2-9,11-18,21,29,37H,10,19-20,22-23H2,1H3. The number of nitrogens with zero attached hydrogens (tertiary/aromatic N) is 1. The third-order valence-corrected chi connectivity index (χ3v) is 7.08. The summed E-state index contributed by atoms with van der Waals surface area (Å²) in [6.07, 6.45) is -3.82. The van der Waals surface area contributed by atoms with Gasteiger partial charge < -0.3 is 10.1 Å². The first-order valence-corrected chi connectivity index (χ1v) is 13.3. The van der Waals surface area contributed by atoms with Crippen LogP contribution < -0.4 is 10.1 Å². The smallest absolute Gasteiger partial charge is 0.417 e. The molecule has 0 heterocycles. The van der Waals surface area contributed by atoms with Crippen LogP contribution in [0.2, 0.25) is 5.02 Å². The van der Waals surface area contributed by atoms with Crippen molar-refractivity contribution in [2.75, 3.05) is 32.1 Å². The van der Waals surface area contributed by atoms with E-state index in [1.54, 1.807) is 6.07 Å². The van der Waals surface area contributed by atoms with Gasteiger partial charge in [0.2, 0.25) is 0 Å². The van der Waals surface area contributed by atoms with Gasteiger partial charge in [-0.2, -0.15) is 13.2 Å². The molecule has 0 amide bonds. The Bertz CT molecular complexity index is 1280. The molecule has 1 N–H and O–H groups in total. The number of rotatable bonds is 12. The van der Waals surface area contributed by atoms with Gasteiger partial charge >= 0.3 is 6.18 Å². The molecular formula is C32H32ClF3N2O. The Labute approximate surface area is 233 Å². The van der Waals surface area contributed by atoms with Crippen LogP contribution in [0.15, 0.2) is 103 Å². The average molecular weight is 553 g/mol. The molecule has 0 aliphatic rings. The van der Waals surface area contributed by atoms with E-state index in [0.29, 0.717) is 31.7 Å². The van der Waals surface area contributed by atoms with Gasteiger partial charge in [-0.3, -0.25) is 4.90 Å². The molecule has 0 saturated carbocycles. The van der Waals surface area contributed by atoms with Crippen LogP contribution in [0.3, 0.4) is 0 Å². The fraction of sp³-hybridized carbons (Fsp3) is 0.250. The molecular weight excluding hydrogens is 521 g/mol. The number of halogens is 4. The molecule has 204 valence electrons. The highest BCUT2D eigenvalue weighted by Gasteiger charge is 2.34. The minimum absolute atomic E-state index is 0.0326. The SMILES string of the molecule is CNc1cccc(OCCCN(Cc2cccc(C(F)(F)F)c2Cl)CC(c2ccccc2)c2ccccc2)c1. The largest absolute Gasteiger partial charge is 0.493 e. The minimum Gasteiger partial charge on any atom is -0.493 e. The van der Waals surface area contributed by atoms with E-state index in [1.165, 1.54) is 6.07 Å². The molecule has 0 saturated heterocycles. The molecule has 7 heteroatoms. The van der Waals surface area contributed by atoms with Gasteiger partial charge in [0.25, 0.3) is 0 Å². The van der Waals surface area contributed by atoms with Crippen LogP contribution in [0.4, 0.5) is 18.9 Å². The lowest BCUT2D eigenvalue weighted by atomic mass is 9.90. The van der Waals surface area contributed by atoms with Crippen LogP contribution in [-0.2, 0) is 12.7 Å². The molecule has 0 fully saturated rings. The van der Waals surface area contributed by atoms with E-state index in [4.69, 9.17) is 16.3 Å². The van der Waals surface area contributed by atoms with E-state index in [9.17, 15) is 13.2 Å². The summed E-state index contributed by atoms with van der Waals surface area (Å²) in [4.78, 5) is 2.17. The average Bonchev–Trinajstić information content (AvgIpc) is 2.95. The molecule has 3 nitrogen and oxygen atoms in total. The summed E-state index contributed by atoms with van der Waals surface area (Å²) in [7, 11) is 1.85. The van der Waals surface area contributed by atoms with Crippen molar-refractivity contribution in [3.05, 3.63) is 130 Å². The molecule has 4 aromatic carbocycles. The Morgan fingerprint density at radius 1 is 0.846 bits per heavy atom. The van der Waals surface area contributed by atoms with Crippen molar-refractivity contribution in [2.24, 2.45) is 0 Å². The molecule has 39 heavy (non-hydrogen) atoms. The number of ether oxygens (including phenoxy) is 1. The lowest BCUT2D eigenvalue weighted by molar-refractivity contribution is -0.137. The topological polar surface area (TPSA) is 24.5 Å². The summed E-state index contributed by atoms with van der Waals surface area (Å²) in [6.45, 7) is 1.99. The molecule has 0 aliphatic heterocycles. The number of benzene rings is 4. The second-order valence-electron chi connectivity index (χ2n) is 9.37. The zero-order valence-corrected chi connectivity index (χ0v) is 22.6. The van der Waals surface area contributed by atoms with Gasteiger partial charge in [0.1, 0.15) is 5.75 Å². The van der Waals surface area contributed by atoms with E-state index in [1.807, 2.05) is 67.7 Å². The highest BCUT2D eigenvalue weighted by molar-refractivity contribution is 6.32. The van der Waals surface area contributed by atoms with Crippen molar-refractivity contribution < 1.29 is 17.9 Å². The van der Waals surface area contributed by atoms with Crippen LogP contribution in [0.25, 0.3) is 0 Å². The molecule has 0 aromatic heterocycles. The molecule has 0 unspecified atom stereocenters. The monoisotopic (exact) mass is 552 g/mol. The van der Waals surface area contributed by atoms with Crippen LogP contribution in [0.1, 0.15) is 34.6 Å². The minimum atomic E-state index is -4.51. The van der Waals surface area contributed by atoms with E-state index < -0.39 is 11.7 Å². The second-order valence-corrected chi connectivity index (χ2v) is 9.74. The fourth-order valence-electron chi connectivity index (χ4n) is 4.65. The summed E-state index contributed by atoms with van der Waals surface area (Å²) in [5, 5.41) is 2.85. The normalized spacial score (nSPS) is 11.7. The quantitative estimate of drug-likeness (QED) is 0.178. The zero-order valence-electron chi connectivity index (χ0n) is 21.8. The molecule has 0 atom stereocenters. The van der Waals surface area contributed by atoms with Gasteiger partial charge in [0.05, 0.1) is 17.2 Å². The van der Waals surface area contributed by atoms with E-state index in [0.717, 1.165) is 28.6 Å². The van der Waals surface area contributed by atoms with Gasteiger partial charge in [-0.25, -0.2) is 0 Å². The summed E-state index contributed by atoms with van der Waals surface area (Å²) in [5.74, 6) is 0.797. The maximum Gasteiger partial charge on any atom is 0.417 e. The van der Waals surface area contributed by atoms with E-state index >= 15 is 0 Å². The van der Waals surface area contributed by atoms with Crippen molar-refractivity contribution in [1.29, 1.82) is 0 Å². The Kier molecular flexibility index (Phi) is 9.90. The van der Waals surface area contributed by atoms with Crippen LogP contribution in [0.5, 0.6) is 5.75 Å². The molecule has 4 aromatic rings. The predicted octanol–water partition coefficient (Wildman–Crippen LogP) is 8.50. The second kappa shape index (κ2) is 13.5. The van der Waals surface area contributed by atoms with Crippen molar-refractivity contribution in [1.82, 2.24) is 4.90 Å². The Morgan fingerprint density at radius 3 is 2.10 bits per heavy atom. The maximum absolute atomic E-state index is 13.6. The lowest BCUT2D eigenvalue weighted by Gasteiger charge is -2.29. The fourth-order valence-corrected chi connectivity index (χ4v) is 4.94. The molecule has 4 rings (SSSR count). The Hall–Kier alpha value is -3.48. The highest BCUT2D eigenvalue weighted by atomic mass is 35.5. The van der Waals surface area contributed by atoms with Crippen molar-refractivity contribution in [3.8, 4) is 5.75 Å². The zero-order chi connectivity index (χ0) is 27.7. The Balaban J connectivity index is 1.56. The van der Waals surface area contributed by atoms with Crippen LogP contribution >= 0.6 is 11.6 Å². The van der Waals surface area contributed by atoms with Crippen molar-refractivity contribution in [2.45, 2.75) is 25.1 Å². The molecule has 0 bridgehead atoms. The molecule has 0 aliphatic carbocycles. The van der Waals surface area contributed by atoms with Crippen LogP contribution in [-0.4, -0.2) is 31.6 Å². The van der Waals surface area contributed by atoms with Gasteiger partial charge in [-0.05, 0) is 41.3 Å². The predicted molar refractivity (Wildman–Crippen MR) is 153 cm³/mol. The number of hydrogen-bond donors (Lipinski definition) is 1. The van der Waals surface area contributed by atoms with Gasteiger partial charge in [-0.1, -0.05) is 90.5 Å². The van der Waals surface area contributed by atoms with Gasteiger partial charge in [-0.15, -0.1) is 0 Å². The summed E-state index contributed by atoms with van der Waals surface area (Å²) >= 11 is 6.30. The molecule has 0 radical (unpaired) electrons. The highest BCUT2D eigenvalue weighted by Crippen LogP contribution is 2.37. The van der Waals surface area contributed by atoms with E-state index in [2.05, 4.69) is 34.5 Å². The number of nitrogens with one attached hydrogen (secondary N) is 1. The van der Waals surface area contributed by atoms with Crippen molar-refractivity contribution in [3.63, 3.8) is 0 Å². The first kappa shape index (κ1) is 28.5. The summed E-state index contributed by atoms with van der Waals surface area (Å²) < 4.78 is 46.7. The van der Waals surface area contributed by atoms with Crippen LogP contribution in [0, 0.1) is 0 Å². The van der Waals surface area contributed by atoms with E-state index in [-0.39, 0.29) is 17.5 Å². The number of alkyl halides is 3. The molecule has 0 spiro atoms. The third kappa shape index (κ3) is 8.01. The number of hydrogen-bond acceptors (Lipinski definition) is 3. The summed E-state index contributed by atoms with van der Waals surface area (Å²) in [5.41, 5.74) is 2.89. The first-order chi connectivity index (χ1) is 18.8. The lowest BCUT2D eigenvalue weighted by Crippen LogP contribution is -2.31. The van der Waals surface area contributed by atoms with Crippen molar-refractivity contribution >= 4 is 17.3 Å². The third-order valence-electron chi connectivity index (χ3n) is 6.63. The first-order valence-electron chi connectivity index (χ1n) is 12.9. The Morgan fingerprint density at radius 2 is 1.49 bits per heavy atom. The number of anilines is 1. The summed E-state index contributed by atoms with van der Waals surface area (Å²) in [6, 6.07) is 32.2.